The van der Waals surface area contributed by atoms with Crippen LogP contribution in [0.15, 0.2) is 4.99 Å². The zero-order valence-electron chi connectivity index (χ0n) is 8.49. The summed E-state index contributed by atoms with van der Waals surface area (Å²) in [5, 5.41) is 11.8. The molecule has 1 rings (SSSR count). The molecule has 1 fully saturated rings. The first-order valence-electron chi connectivity index (χ1n) is 4.62. The van der Waals surface area contributed by atoms with E-state index in [-0.39, 0.29) is 6.04 Å². The predicted molar refractivity (Wildman–Crippen MR) is 58.1 cm³/mol. The molecule has 0 aliphatic carbocycles. The molecule has 78 valence electrons. The summed E-state index contributed by atoms with van der Waals surface area (Å²) in [6.45, 7) is 3.66. The van der Waals surface area contributed by atoms with Gasteiger partial charge in [-0.2, -0.15) is 5.26 Å². The van der Waals surface area contributed by atoms with E-state index >= 15 is 0 Å². The van der Waals surface area contributed by atoms with Gasteiger partial charge in [0.15, 0.2) is 11.4 Å². The van der Waals surface area contributed by atoms with Crippen molar-refractivity contribution in [1.29, 1.82) is 5.26 Å². The normalized spacial score (nSPS) is 28.2. The van der Waals surface area contributed by atoms with Gasteiger partial charge in [0.25, 0.3) is 0 Å². The quantitative estimate of drug-likeness (QED) is 0.308. The lowest BCUT2D eigenvalue weighted by molar-refractivity contribution is 0.0497. The van der Waals surface area contributed by atoms with Gasteiger partial charge in [-0.15, -0.1) is 0 Å². The molecule has 1 N–H and O–H groups in total. The lowest BCUT2D eigenvalue weighted by Gasteiger charge is -2.25. The molecule has 4 nitrogen and oxygen atoms in total. The Balaban J connectivity index is 2.58. The fourth-order valence-electron chi connectivity index (χ4n) is 1.40. The highest BCUT2D eigenvalue weighted by Gasteiger charge is 2.21. The van der Waals surface area contributed by atoms with Gasteiger partial charge in [0.2, 0.25) is 0 Å². The third-order valence-corrected chi connectivity index (χ3v) is 2.83. The van der Waals surface area contributed by atoms with E-state index in [0.717, 1.165) is 19.6 Å². The van der Waals surface area contributed by atoms with Gasteiger partial charge in [-0.05, 0) is 12.7 Å². The number of nitrogens with zero attached hydrogens (tertiary/aromatic N) is 2. The number of hydrogen-bond acceptors (Lipinski definition) is 4. The molecule has 1 saturated heterocycles. The van der Waals surface area contributed by atoms with Crippen molar-refractivity contribution in [3.63, 3.8) is 0 Å². The Hall–Kier alpha value is -0.730. The zero-order chi connectivity index (χ0) is 10.4. The smallest absolute Gasteiger partial charge is 0.183 e. The lowest BCUT2D eigenvalue weighted by Crippen LogP contribution is -2.30. The molecule has 14 heavy (non-hydrogen) atoms. The summed E-state index contributed by atoms with van der Waals surface area (Å²) in [6.07, 6.45) is 4.74. The molecule has 2 unspecified atom stereocenters. The Morgan fingerprint density at radius 3 is 3.07 bits per heavy atom. The SMILES string of the molecule is CSC(=NC1CCOCC1C)NC#N. The van der Waals surface area contributed by atoms with Gasteiger partial charge in [0, 0.05) is 12.5 Å². The molecular formula is C9H15N3OS. The summed E-state index contributed by atoms with van der Waals surface area (Å²) in [6, 6.07) is 0.284. The van der Waals surface area contributed by atoms with Crippen LogP contribution in [0.1, 0.15) is 13.3 Å². The van der Waals surface area contributed by atoms with Crippen LogP contribution in [0.25, 0.3) is 0 Å². The van der Waals surface area contributed by atoms with Crippen LogP contribution in [0.5, 0.6) is 0 Å². The number of aliphatic imine (C=N–C) groups is 1. The molecule has 0 aromatic carbocycles. The van der Waals surface area contributed by atoms with E-state index in [1.165, 1.54) is 11.8 Å². The first kappa shape index (κ1) is 11.3. The number of thioether (sulfide) groups is 1. The Bertz CT molecular complexity index is 249. The number of nitriles is 1. The van der Waals surface area contributed by atoms with E-state index in [1.807, 2.05) is 12.4 Å². The summed E-state index contributed by atoms with van der Waals surface area (Å²) in [7, 11) is 0. The molecule has 0 spiro atoms. The molecule has 0 aromatic heterocycles. The predicted octanol–water partition coefficient (Wildman–Crippen LogP) is 1.20. The molecular weight excluding hydrogens is 198 g/mol. The fourth-order valence-corrected chi connectivity index (χ4v) is 1.78. The standard InChI is InChI=1S/C9H15N3OS/c1-7-5-13-4-3-8(7)12-9(14-2)11-6-10/h7-8H,3-5H2,1-2H3,(H,11,12). The van der Waals surface area contributed by atoms with Gasteiger partial charge < -0.3 is 4.74 Å². The molecule has 0 aromatic rings. The van der Waals surface area contributed by atoms with Gasteiger partial charge >= 0.3 is 0 Å². The molecule has 2 atom stereocenters. The molecule has 1 aliphatic rings. The van der Waals surface area contributed by atoms with E-state index in [4.69, 9.17) is 10.00 Å². The van der Waals surface area contributed by atoms with E-state index in [1.54, 1.807) is 0 Å². The molecule has 0 amide bonds. The first-order valence-corrected chi connectivity index (χ1v) is 5.85. The van der Waals surface area contributed by atoms with Crippen LogP contribution >= 0.6 is 11.8 Å². The monoisotopic (exact) mass is 213 g/mol. The number of ether oxygens (including phenoxy) is 1. The highest BCUT2D eigenvalue weighted by molar-refractivity contribution is 8.13. The van der Waals surface area contributed by atoms with Crippen molar-refractivity contribution in [3.05, 3.63) is 0 Å². The average molecular weight is 213 g/mol. The molecule has 0 bridgehead atoms. The second-order valence-electron chi connectivity index (χ2n) is 3.28. The van der Waals surface area contributed by atoms with Gasteiger partial charge in [0.1, 0.15) is 0 Å². The van der Waals surface area contributed by atoms with Crippen molar-refractivity contribution in [2.75, 3.05) is 19.5 Å². The van der Waals surface area contributed by atoms with Gasteiger partial charge in [0.05, 0.1) is 12.6 Å². The van der Waals surface area contributed by atoms with Crippen LogP contribution in [-0.4, -0.2) is 30.7 Å². The summed E-state index contributed by atoms with van der Waals surface area (Å²) in [5.41, 5.74) is 0. The van der Waals surface area contributed by atoms with Crippen LogP contribution in [0.2, 0.25) is 0 Å². The molecule has 0 radical (unpaired) electrons. The van der Waals surface area contributed by atoms with E-state index < -0.39 is 0 Å². The van der Waals surface area contributed by atoms with Crippen molar-refractivity contribution in [3.8, 4) is 6.19 Å². The van der Waals surface area contributed by atoms with E-state index in [9.17, 15) is 0 Å². The Morgan fingerprint density at radius 2 is 2.50 bits per heavy atom. The number of hydrogen-bond donors (Lipinski definition) is 1. The lowest BCUT2D eigenvalue weighted by atomic mass is 9.99. The third kappa shape index (κ3) is 3.20. The number of rotatable bonds is 1. The summed E-state index contributed by atoms with van der Waals surface area (Å²) in [5.74, 6) is 0.436. The zero-order valence-corrected chi connectivity index (χ0v) is 9.30. The van der Waals surface area contributed by atoms with Crippen molar-refractivity contribution in [2.24, 2.45) is 10.9 Å². The average Bonchev–Trinajstić information content (AvgIpc) is 2.20. The Labute approximate surface area is 88.7 Å². The largest absolute Gasteiger partial charge is 0.381 e. The van der Waals surface area contributed by atoms with Crippen molar-refractivity contribution in [2.45, 2.75) is 19.4 Å². The van der Waals surface area contributed by atoms with Crippen molar-refractivity contribution >= 4 is 16.9 Å². The molecule has 1 aliphatic heterocycles. The van der Waals surface area contributed by atoms with Crippen LogP contribution in [0.4, 0.5) is 0 Å². The van der Waals surface area contributed by atoms with E-state index in [2.05, 4.69) is 17.2 Å². The third-order valence-electron chi connectivity index (χ3n) is 2.23. The van der Waals surface area contributed by atoms with Gasteiger partial charge in [-0.3, -0.25) is 10.3 Å². The van der Waals surface area contributed by atoms with Crippen molar-refractivity contribution in [1.82, 2.24) is 5.32 Å². The molecule has 5 heteroatoms. The Kier molecular flexibility index (Phi) is 4.77. The van der Waals surface area contributed by atoms with Crippen LogP contribution < -0.4 is 5.32 Å². The maximum atomic E-state index is 8.48. The maximum absolute atomic E-state index is 8.48. The summed E-state index contributed by atoms with van der Waals surface area (Å²) in [4.78, 5) is 4.49. The minimum absolute atomic E-state index is 0.284. The summed E-state index contributed by atoms with van der Waals surface area (Å²) >= 11 is 1.47. The van der Waals surface area contributed by atoms with Gasteiger partial charge in [-0.1, -0.05) is 18.7 Å². The van der Waals surface area contributed by atoms with Gasteiger partial charge in [-0.25, -0.2) is 0 Å². The summed E-state index contributed by atoms with van der Waals surface area (Å²) < 4.78 is 5.33. The number of nitrogens with one attached hydrogen (secondary N) is 1. The first-order chi connectivity index (χ1) is 6.77. The van der Waals surface area contributed by atoms with Crippen molar-refractivity contribution < 1.29 is 4.74 Å². The fraction of sp³-hybridized carbons (Fsp3) is 0.778. The molecule has 1 heterocycles. The minimum Gasteiger partial charge on any atom is -0.381 e. The van der Waals surface area contributed by atoms with Crippen LogP contribution in [0, 0.1) is 17.4 Å². The highest BCUT2D eigenvalue weighted by atomic mass is 32.2. The molecule has 0 saturated carbocycles. The van der Waals surface area contributed by atoms with Crippen LogP contribution in [0.3, 0.4) is 0 Å². The van der Waals surface area contributed by atoms with E-state index in [0.29, 0.717) is 11.1 Å². The highest BCUT2D eigenvalue weighted by Crippen LogP contribution is 2.18. The van der Waals surface area contributed by atoms with Crippen LogP contribution in [-0.2, 0) is 4.74 Å². The number of amidine groups is 1. The Morgan fingerprint density at radius 1 is 1.71 bits per heavy atom. The second-order valence-corrected chi connectivity index (χ2v) is 4.08. The minimum atomic E-state index is 0.284. The maximum Gasteiger partial charge on any atom is 0.183 e. The second kappa shape index (κ2) is 5.89. The topological polar surface area (TPSA) is 57.4 Å².